The minimum atomic E-state index is -0.225. The van der Waals surface area contributed by atoms with Crippen molar-refractivity contribution in [1.82, 2.24) is 25.4 Å². The van der Waals surface area contributed by atoms with Crippen molar-refractivity contribution >= 4 is 66.8 Å². The van der Waals surface area contributed by atoms with Crippen LogP contribution in [-0.4, -0.2) is 91.0 Å². The summed E-state index contributed by atoms with van der Waals surface area (Å²) in [5.74, 6) is 0.193. The van der Waals surface area contributed by atoms with Crippen LogP contribution in [0.3, 0.4) is 0 Å². The second-order valence-electron chi connectivity index (χ2n) is 16.3. The quantitative estimate of drug-likeness (QED) is 0.167. The number of allylic oxidation sites excluding steroid dienone is 2. The second-order valence-corrected chi connectivity index (χ2v) is 17.4. The summed E-state index contributed by atoms with van der Waals surface area (Å²) < 4.78 is 1.26. The molecular weight excluding hydrogens is 739 g/mol. The predicted octanol–water partition coefficient (Wildman–Crippen LogP) is 9.03. The first kappa shape index (κ1) is 41.6. The van der Waals surface area contributed by atoms with E-state index in [9.17, 15) is 9.59 Å². The number of thiophene rings is 1. The van der Waals surface area contributed by atoms with Crippen molar-refractivity contribution in [3.63, 3.8) is 0 Å². The average Bonchev–Trinajstić information content (AvgIpc) is 3.57. The smallest absolute Gasteiger partial charge is 0.234 e. The number of carbonyl (C=O) groups is 2. The molecule has 0 bridgehead atoms. The molecule has 5 aliphatic rings. The fraction of sp³-hybridized carbons (Fsp3) is 0.479. The number of benzene rings is 2. The number of piperidine rings is 2. The second kappa shape index (κ2) is 19.0. The van der Waals surface area contributed by atoms with Gasteiger partial charge in [0.05, 0.1) is 27.7 Å². The highest BCUT2D eigenvalue weighted by Crippen LogP contribution is 2.43. The van der Waals surface area contributed by atoms with Crippen molar-refractivity contribution in [2.75, 3.05) is 62.6 Å². The molecule has 2 aromatic heterocycles. The third kappa shape index (κ3) is 9.19. The Labute approximate surface area is 349 Å². The Morgan fingerprint density at radius 1 is 0.914 bits per heavy atom. The summed E-state index contributed by atoms with van der Waals surface area (Å²) in [7, 11) is 0. The lowest BCUT2D eigenvalue weighted by molar-refractivity contribution is -0.134. The molecule has 308 valence electrons. The van der Waals surface area contributed by atoms with Crippen molar-refractivity contribution in [3.05, 3.63) is 89.5 Å². The lowest BCUT2D eigenvalue weighted by Crippen LogP contribution is -2.49. The van der Waals surface area contributed by atoms with Crippen molar-refractivity contribution in [1.29, 1.82) is 0 Å². The van der Waals surface area contributed by atoms with Crippen LogP contribution in [0.5, 0.6) is 0 Å². The normalized spacial score (nSPS) is 23.1. The molecule has 9 rings (SSSR count). The predicted molar refractivity (Wildman–Crippen MR) is 245 cm³/mol. The van der Waals surface area contributed by atoms with Crippen LogP contribution in [0.25, 0.3) is 32.3 Å². The summed E-state index contributed by atoms with van der Waals surface area (Å²) in [4.78, 5) is 38.0. The Morgan fingerprint density at radius 2 is 1.66 bits per heavy atom. The molecule has 3 atom stereocenters. The number of anilines is 2. The van der Waals surface area contributed by atoms with E-state index in [2.05, 4.69) is 125 Å². The number of rotatable bonds is 6. The molecule has 6 heterocycles. The molecule has 1 aliphatic carbocycles. The van der Waals surface area contributed by atoms with Gasteiger partial charge in [-0.05, 0) is 99.1 Å². The standard InChI is InChI=1S/C43H49N7O2S.C3H8.C2H6/c1-27-25-44-41-40-35-11-13-36(46-37(35)14-15-38(40)53-42(41)28(2)45-27)31-5-9-32(10-6-31)49-19-17-29(18-20-49)26-48-21-23-50(24-22-48)33-7-3-30(4-8-33)34-12-16-39(51)47-43(34)52;1-3-2;1-2/h3-9,11,13-15,27,29,32,34,44-45H,2,10,12,16-26H2,1H3,(H,47,51,52);3H2,1-2H3;1-2H3/t27-,32?,34?;;/m1../s1. The van der Waals surface area contributed by atoms with Gasteiger partial charge in [-0.1, -0.05) is 71.1 Å². The zero-order valence-electron chi connectivity index (χ0n) is 35.3. The van der Waals surface area contributed by atoms with E-state index in [1.165, 1.54) is 63.1 Å². The molecule has 0 saturated carbocycles. The first-order valence-electron chi connectivity index (χ1n) is 21.9. The summed E-state index contributed by atoms with van der Waals surface area (Å²) in [6.07, 6.45) is 12.9. The van der Waals surface area contributed by atoms with Gasteiger partial charge in [0, 0.05) is 84.6 Å². The van der Waals surface area contributed by atoms with E-state index in [0.717, 1.165) is 80.6 Å². The van der Waals surface area contributed by atoms with E-state index < -0.39 is 0 Å². The molecule has 3 saturated heterocycles. The van der Waals surface area contributed by atoms with Crippen LogP contribution in [0.15, 0.2) is 73.3 Å². The van der Waals surface area contributed by atoms with Gasteiger partial charge in [0.15, 0.2) is 0 Å². The van der Waals surface area contributed by atoms with Crippen LogP contribution < -0.4 is 20.9 Å². The van der Waals surface area contributed by atoms with E-state index in [0.29, 0.717) is 24.9 Å². The molecule has 10 heteroatoms. The van der Waals surface area contributed by atoms with Crippen LogP contribution in [0, 0.1) is 5.92 Å². The zero-order valence-corrected chi connectivity index (χ0v) is 36.1. The zero-order chi connectivity index (χ0) is 40.8. The van der Waals surface area contributed by atoms with Crippen molar-refractivity contribution < 1.29 is 9.59 Å². The SMILES string of the molecule is C=C1N[C@H](C)CNc2c1sc1ccc3nc(C4=CCC(N5CCC(CN6CCN(c7ccc(C8CCC(=O)NC8=O)cc7)CC6)CC5)C=C4)ccc3c21.CC.CCC. The lowest BCUT2D eigenvalue weighted by Gasteiger charge is -2.41. The number of hydrogen-bond acceptors (Lipinski definition) is 9. The minimum absolute atomic E-state index is 0.165. The van der Waals surface area contributed by atoms with E-state index in [1.54, 1.807) is 11.3 Å². The number of aromatic nitrogens is 1. The summed E-state index contributed by atoms with van der Waals surface area (Å²) in [5, 5.41) is 12.1. The van der Waals surface area contributed by atoms with Gasteiger partial charge in [-0.3, -0.25) is 24.7 Å². The number of nitrogens with one attached hydrogen (secondary N) is 3. The van der Waals surface area contributed by atoms with Crippen LogP contribution in [0.4, 0.5) is 11.4 Å². The number of amides is 2. The van der Waals surface area contributed by atoms with Crippen molar-refractivity contribution in [2.24, 2.45) is 5.92 Å². The van der Waals surface area contributed by atoms with Gasteiger partial charge in [0.1, 0.15) is 0 Å². The first-order chi connectivity index (χ1) is 28.3. The Hall–Kier alpha value is -4.51. The number of hydrogen-bond donors (Lipinski definition) is 3. The van der Waals surface area contributed by atoms with Gasteiger partial charge < -0.3 is 15.5 Å². The number of fused-ring (bicyclic) bond motifs is 5. The third-order valence-corrected chi connectivity index (χ3v) is 13.3. The number of nitrogens with zero attached hydrogens (tertiary/aromatic N) is 4. The largest absolute Gasteiger partial charge is 0.381 e. The number of imide groups is 1. The maximum atomic E-state index is 12.3. The molecule has 2 unspecified atom stereocenters. The number of piperazine rings is 1. The summed E-state index contributed by atoms with van der Waals surface area (Å²) >= 11 is 1.80. The van der Waals surface area contributed by atoms with Gasteiger partial charge in [-0.2, -0.15) is 0 Å². The van der Waals surface area contributed by atoms with Crippen molar-refractivity contribution in [3.8, 4) is 0 Å². The Kier molecular flexibility index (Phi) is 13.7. The summed E-state index contributed by atoms with van der Waals surface area (Å²) in [5.41, 5.74) is 7.70. The maximum absolute atomic E-state index is 12.3. The molecule has 3 N–H and O–H groups in total. The Bertz CT molecular complexity index is 2140. The molecule has 0 spiro atoms. The number of carbonyl (C=O) groups excluding carboxylic acids is 2. The maximum Gasteiger partial charge on any atom is 0.234 e. The monoisotopic (exact) mass is 801 g/mol. The minimum Gasteiger partial charge on any atom is -0.381 e. The van der Waals surface area contributed by atoms with Gasteiger partial charge in [0.25, 0.3) is 0 Å². The van der Waals surface area contributed by atoms with E-state index >= 15 is 0 Å². The molecule has 3 fully saturated rings. The van der Waals surface area contributed by atoms with Gasteiger partial charge in [-0.15, -0.1) is 11.3 Å². The van der Waals surface area contributed by atoms with Gasteiger partial charge in [-0.25, -0.2) is 4.98 Å². The van der Waals surface area contributed by atoms with E-state index in [-0.39, 0.29) is 17.7 Å². The van der Waals surface area contributed by atoms with E-state index in [1.807, 2.05) is 13.8 Å². The highest BCUT2D eigenvalue weighted by atomic mass is 32.1. The molecular formula is C48H63N7O2S. The van der Waals surface area contributed by atoms with Crippen LogP contribution in [0.1, 0.15) is 95.2 Å². The van der Waals surface area contributed by atoms with Crippen LogP contribution >= 0.6 is 11.3 Å². The summed E-state index contributed by atoms with van der Waals surface area (Å²) in [6, 6.07) is 18.0. The van der Waals surface area contributed by atoms with Crippen LogP contribution in [0.2, 0.25) is 0 Å². The van der Waals surface area contributed by atoms with Gasteiger partial charge in [0.2, 0.25) is 11.8 Å². The molecule has 2 aromatic carbocycles. The molecule has 58 heavy (non-hydrogen) atoms. The van der Waals surface area contributed by atoms with E-state index in [4.69, 9.17) is 4.98 Å². The molecule has 9 nitrogen and oxygen atoms in total. The summed E-state index contributed by atoms with van der Waals surface area (Å²) in [6.45, 7) is 23.3. The Morgan fingerprint density at radius 3 is 2.34 bits per heavy atom. The van der Waals surface area contributed by atoms with Gasteiger partial charge >= 0.3 is 0 Å². The lowest BCUT2D eigenvalue weighted by atomic mass is 9.90. The van der Waals surface area contributed by atoms with Crippen molar-refractivity contribution in [2.45, 2.75) is 91.1 Å². The fourth-order valence-electron chi connectivity index (χ4n) is 9.03. The van der Waals surface area contributed by atoms with Crippen LogP contribution in [-0.2, 0) is 9.59 Å². The fourth-order valence-corrected chi connectivity index (χ4v) is 10.2. The number of likely N-dealkylation sites (tertiary alicyclic amines) is 1. The topological polar surface area (TPSA) is 92.8 Å². The molecule has 0 radical (unpaired) electrons. The average molecular weight is 802 g/mol. The first-order valence-corrected chi connectivity index (χ1v) is 22.7. The third-order valence-electron chi connectivity index (χ3n) is 12.1. The molecule has 4 aliphatic heterocycles. The molecule has 4 aromatic rings. The Balaban J connectivity index is 0.000000980. The molecule has 2 amide bonds. The number of pyridine rings is 1. The highest BCUT2D eigenvalue weighted by molar-refractivity contribution is 7.21. The highest BCUT2D eigenvalue weighted by Gasteiger charge is 2.30.